The van der Waals surface area contributed by atoms with Crippen LogP contribution in [0.4, 0.5) is 10.3 Å². The zero-order valence-electron chi connectivity index (χ0n) is 15.4. The van der Waals surface area contributed by atoms with Crippen molar-refractivity contribution in [2.45, 2.75) is 26.5 Å². The minimum Gasteiger partial charge on any atom is -0.478 e. The van der Waals surface area contributed by atoms with Gasteiger partial charge in [0.05, 0.1) is 25.5 Å². The third kappa shape index (κ3) is 5.13. The maximum Gasteiger partial charge on any atom is 0.261 e. The Morgan fingerprint density at radius 1 is 1.33 bits per heavy atom. The van der Waals surface area contributed by atoms with E-state index in [9.17, 15) is 9.18 Å². The van der Waals surface area contributed by atoms with Crippen molar-refractivity contribution in [3.05, 3.63) is 47.5 Å². The molecule has 2 heterocycles. The summed E-state index contributed by atoms with van der Waals surface area (Å²) in [6, 6.07) is 7.82. The first-order valence-electron chi connectivity index (χ1n) is 8.89. The Balaban J connectivity index is 1.59. The number of para-hydroxylation sites is 1. The fraction of sp³-hybridized carbons (Fsp3) is 0.421. The number of nitrogens with one attached hydrogen (secondary N) is 1. The molecule has 144 valence electrons. The third-order valence-corrected chi connectivity index (χ3v) is 4.14. The van der Waals surface area contributed by atoms with Gasteiger partial charge in [-0.05, 0) is 32.0 Å². The molecule has 0 bridgehead atoms. The molecule has 0 aliphatic carbocycles. The number of hydrogen-bond acceptors (Lipinski definition) is 6. The summed E-state index contributed by atoms with van der Waals surface area (Å²) in [5.74, 6) is -0.160. The molecule has 3 rings (SSSR count). The molecule has 7 nitrogen and oxygen atoms in total. The number of amides is 1. The van der Waals surface area contributed by atoms with Crippen LogP contribution >= 0.6 is 0 Å². The predicted octanol–water partition coefficient (Wildman–Crippen LogP) is 1.84. The monoisotopic (exact) mass is 374 g/mol. The van der Waals surface area contributed by atoms with Crippen molar-refractivity contribution in [2.75, 3.05) is 31.2 Å². The molecule has 1 unspecified atom stereocenters. The van der Waals surface area contributed by atoms with Crippen molar-refractivity contribution in [2.24, 2.45) is 0 Å². The van der Waals surface area contributed by atoms with Gasteiger partial charge in [0.25, 0.3) is 5.91 Å². The topological polar surface area (TPSA) is 76.6 Å². The lowest BCUT2D eigenvalue weighted by atomic mass is 10.3. The van der Waals surface area contributed by atoms with Crippen LogP contribution < -0.4 is 15.0 Å². The van der Waals surface area contributed by atoms with E-state index < -0.39 is 11.9 Å². The lowest BCUT2D eigenvalue weighted by molar-refractivity contribution is -0.127. The number of aromatic nitrogens is 2. The van der Waals surface area contributed by atoms with E-state index in [1.807, 2.05) is 13.0 Å². The average molecular weight is 374 g/mol. The third-order valence-electron chi connectivity index (χ3n) is 4.14. The summed E-state index contributed by atoms with van der Waals surface area (Å²) < 4.78 is 24.4. The van der Waals surface area contributed by atoms with Crippen LogP contribution in [0.25, 0.3) is 0 Å². The summed E-state index contributed by atoms with van der Waals surface area (Å²) in [7, 11) is 0. The number of aryl methyl sites for hydroxylation is 1. The van der Waals surface area contributed by atoms with Crippen molar-refractivity contribution < 1.29 is 18.7 Å². The summed E-state index contributed by atoms with van der Waals surface area (Å²) in [5.41, 5.74) is 1.53. The quantitative estimate of drug-likeness (QED) is 0.832. The summed E-state index contributed by atoms with van der Waals surface area (Å²) in [5, 5.41) is 2.78. The Morgan fingerprint density at radius 3 is 2.81 bits per heavy atom. The number of hydrogen-bond donors (Lipinski definition) is 1. The number of nitrogens with zero attached hydrogens (tertiary/aromatic N) is 3. The first-order chi connectivity index (χ1) is 13.0. The highest BCUT2D eigenvalue weighted by Crippen LogP contribution is 2.17. The fourth-order valence-electron chi connectivity index (χ4n) is 2.72. The zero-order valence-corrected chi connectivity index (χ0v) is 15.4. The number of morpholine rings is 1. The molecule has 1 aromatic carbocycles. The van der Waals surface area contributed by atoms with Gasteiger partial charge in [0, 0.05) is 18.8 Å². The number of carbonyl (C=O) groups is 1. The van der Waals surface area contributed by atoms with Crippen LogP contribution in [0.1, 0.15) is 18.3 Å². The highest BCUT2D eigenvalue weighted by molar-refractivity contribution is 5.80. The molecule has 1 amide bonds. The molecule has 1 saturated heterocycles. The van der Waals surface area contributed by atoms with Gasteiger partial charge < -0.3 is 19.7 Å². The van der Waals surface area contributed by atoms with Gasteiger partial charge in [0.15, 0.2) is 17.7 Å². The predicted molar refractivity (Wildman–Crippen MR) is 98.1 cm³/mol. The molecule has 1 atom stereocenters. The van der Waals surface area contributed by atoms with Gasteiger partial charge in [-0.25, -0.2) is 14.4 Å². The number of benzene rings is 1. The fourth-order valence-corrected chi connectivity index (χ4v) is 2.72. The molecular formula is C19H23FN4O3. The Hall–Kier alpha value is -2.74. The maximum absolute atomic E-state index is 13.6. The molecule has 1 aliphatic heterocycles. The molecule has 0 radical (unpaired) electrons. The number of anilines is 1. The van der Waals surface area contributed by atoms with Crippen LogP contribution in [0.3, 0.4) is 0 Å². The van der Waals surface area contributed by atoms with Crippen LogP contribution in [0.2, 0.25) is 0 Å². The second kappa shape index (κ2) is 8.77. The summed E-state index contributed by atoms with van der Waals surface area (Å²) in [6.45, 7) is 6.48. The van der Waals surface area contributed by atoms with Gasteiger partial charge in [-0.15, -0.1) is 0 Å². The van der Waals surface area contributed by atoms with Gasteiger partial charge in [0.1, 0.15) is 0 Å². The Kier molecular flexibility index (Phi) is 6.18. The Bertz CT molecular complexity index is 796. The molecule has 2 aromatic rings. The van der Waals surface area contributed by atoms with Crippen molar-refractivity contribution in [1.29, 1.82) is 0 Å². The summed E-state index contributed by atoms with van der Waals surface area (Å²) in [6.07, 6.45) is -0.830. The number of halogens is 1. The largest absolute Gasteiger partial charge is 0.478 e. The maximum atomic E-state index is 13.6. The number of carbonyl (C=O) groups excluding carboxylic acids is 1. The lowest BCUT2D eigenvalue weighted by Crippen LogP contribution is -2.38. The van der Waals surface area contributed by atoms with Crippen molar-refractivity contribution in [1.82, 2.24) is 15.3 Å². The van der Waals surface area contributed by atoms with Gasteiger partial charge >= 0.3 is 0 Å². The van der Waals surface area contributed by atoms with E-state index in [-0.39, 0.29) is 18.2 Å². The molecule has 1 N–H and O–H groups in total. The standard InChI is InChI=1S/C19H23FN4O3/c1-13-11-15(23-19(22-13)24-7-9-26-10-8-24)12-21-18(25)14(2)27-17-6-4-3-5-16(17)20/h3-6,11,14H,7-10,12H2,1-2H3,(H,21,25). The van der Waals surface area contributed by atoms with E-state index >= 15 is 0 Å². The Morgan fingerprint density at radius 2 is 2.07 bits per heavy atom. The van der Waals surface area contributed by atoms with Crippen molar-refractivity contribution in [3.8, 4) is 5.75 Å². The number of ether oxygens (including phenoxy) is 2. The van der Waals surface area contributed by atoms with Crippen molar-refractivity contribution >= 4 is 11.9 Å². The smallest absolute Gasteiger partial charge is 0.261 e. The number of rotatable bonds is 6. The lowest BCUT2D eigenvalue weighted by Gasteiger charge is -2.27. The molecule has 1 fully saturated rings. The molecule has 1 aromatic heterocycles. The van der Waals surface area contributed by atoms with E-state index in [4.69, 9.17) is 9.47 Å². The van der Waals surface area contributed by atoms with Crippen LogP contribution in [-0.2, 0) is 16.1 Å². The second-order valence-electron chi connectivity index (χ2n) is 6.31. The SMILES string of the molecule is Cc1cc(CNC(=O)C(C)Oc2ccccc2F)nc(N2CCOCC2)n1. The minimum absolute atomic E-state index is 0.0487. The van der Waals surface area contributed by atoms with Gasteiger partial charge in [-0.3, -0.25) is 4.79 Å². The Labute approximate surface area is 157 Å². The van der Waals surface area contributed by atoms with E-state index in [1.54, 1.807) is 19.1 Å². The zero-order chi connectivity index (χ0) is 19.2. The molecule has 0 saturated carbocycles. The average Bonchev–Trinajstić information content (AvgIpc) is 2.68. The normalized spacial score (nSPS) is 15.3. The molecule has 8 heteroatoms. The second-order valence-corrected chi connectivity index (χ2v) is 6.31. The van der Waals surface area contributed by atoms with Gasteiger partial charge in [-0.2, -0.15) is 0 Å². The first kappa shape index (κ1) is 19.0. The minimum atomic E-state index is -0.830. The highest BCUT2D eigenvalue weighted by Gasteiger charge is 2.18. The van der Waals surface area contributed by atoms with Crippen LogP contribution in [0.5, 0.6) is 5.75 Å². The van der Waals surface area contributed by atoms with E-state index in [0.717, 1.165) is 18.8 Å². The van der Waals surface area contributed by atoms with Crippen LogP contribution in [-0.4, -0.2) is 48.3 Å². The summed E-state index contributed by atoms with van der Waals surface area (Å²) >= 11 is 0. The van der Waals surface area contributed by atoms with Gasteiger partial charge in [-0.1, -0.05) is 12.1 Å². The summed E-state index contributed by atoms with van der Waals surface area (Å²) in [4.78, 5) is 23.3. The van der Waals surface area contributed by atoms with Crippen molar-refractivity contribution in [3.63, 3.8) is 0 Å². The molecule has 1 aliphatic rings. The van der Waals surface area contributed by atoms with E-state index in [2.05, 4.69) is 20.2 Å². The molecular weight excluding hydrogens is 351 g/mol. The van der Waals surface area contributed by atoms with Gasteiger partial charge in [0.2, 0.25) is 5.95 Å². The van der Waals surface area contributed by atoms with Crippen LogP contribution in [0, 0.1) is 12.7 Å². The first-order valence-corrected chi connectivity index (χ1v) is 8.89. The van der Waals surface area contributed by atoms with E-state index in [1.165, 1.54) is 12.1 Å². The van der Waals surface area contributed by atoms with E-state index in [0.29, 0.717) is 24.9 Å². The molecule has 0 spiro atoms. The highest BCUT2D eigenvalue weighted by atomic mass is 19.1. The molecule has 27 heavy (non-hydrogen) atoms. The van der Waals surface area contributed by atoms with Crippen LogP contribution in [0.15, 0.2) is 30.3 Å².